The van der Waals surface area contributed by atoms with E-state index in [2.05, 4.69) is 14.9 Å². The van der Waals surface area contributed by atoms with E-state index in [4.69, 9.17) is 14.6 Å². The quantitative estimate of drug-likeness (QED) is 0.841. The predicted molar refractivity (Wildman–Crippen MR) is 91.9 cm³/mol. The number of aromatic amines is 1. The lowest BCUT2D eigenvalue weighted by Gasteiger charge is -2.45. The summed E-state index contributed by atoms with van der Waals surface area (Å²) in [7, 11) is 3.68. The molecule has 3 atom stereocenters. The van der Waals surface area contributed by atoms with Crippen LogP contribution in [-0.2, 0) is 20.9 Å². The molecule has 2 N–H and O–H groups in total. The van der Waals surface area contributed by atoms with Crippen molar-refractivity contribution in [3.63, 3.8) is 0 Å². The average Bonchev–Trinajstić information content (AvgIpc) is 3.06. The van der Waals surface area contributed by atoms with Crippen LogP contribution in [-0.4, -0.2) is 76.1 Å². The minimum Gasteiger partial charge on any atom is -0.481 e. The van der Waals surface area contributed by atoms with Gasteiger partial charge in [-0.2, -0.15) is 0 Å². The zero-order valence-electron chi connectivity index (χ0n) is 15.1. The molecule has 1 saturated carbocycles. The summed E-state index contributed by atoms with van der Waals surface area (Å²) in [6.07, 6.45) is 6.71. The van der Waals surface area contributed by atoms with Crippen LogP contribution in [0.25, 0.3) is 0 Å². The van der Waals surface area contributed by atoms with E-state index in [1.54, 1.807) is 11.1 Å². The van der Waals surface area contributed by atoms with Gasteiger partial charge in [-0.1, -0.05) is 0 Å². The van der Waals surface area contributed by atoms with Crippen molar-refractivity contribution in [1.82, 2.24) is 19.8 Å². The number of carbonyl (C=O) groups excluding carboxylic acids is 1. The molecule has 8 heteroatoms. The Hall–Kier alpha value is -1.93. The SMILES string of the molecule is CC(=O)O.CN(C)C(=O)[C@H]1CC[C@H]2OCCN(Cc3ncc[nH]3)[C@@H]2C1. The van der Waals surface area contributed by atoms with Crippen molar-refractivity contribution in [1.29, 1.82) is 0 Å². The molecule has 2 aliphatic rings. The van der Waals surface area contributed by atoms with Crippen LogP contribution in [0.5, 0.6) is 0 Å². The molecule has 1 aliphatic carbocycles. The molecule has 1 saturated heterocycles. The van der Waals surface area contributed by atoms with Crippen LogP contribution in [0.15, 0.2) is 12.4 Å². The first kappa shape index (κ1) is 19.4. The zero-order chi connectivity index (χ0) is 18.4. The van der Waals surface area contributed by atoms with E-state index in [-0.39, 0.29) is 17.9 Å². The standard InChI is InChI=1S/C15H24N4O2.C2H4O2/c1-18(2)15(20)11-3-4-13-12(9-11)19(7-8-21-13)10-14-16-5-6-17-14;1-2(3)4/h5-6,11-13H,3-4,7-10H2,1-2H3,(H,16,17);1H3,(H,3,4)/t11-,12+,13+;/m0./s1. The summed E-state index contributed by atoms with van der Waals surface area (Å²) >= 11 is 0. The largest absolute Gasteiger partial charge is 0.481 e. The van der Waals surface area contributed by atoms with Gasteiger partial charge in [-0.05, 0) is 19.3 Å². The van der Waals surface area contributed by atoms with Crippen molar-refractivity contribution < 1.29 is 19.4 Å². The number of hydrogen-bond donors (Lipinski definition) is 2. The number of aliphatic carboxylic acids is 1. The molecule has 140 valence electrons. The number of H-pyrrole nitrogens is 1. The Morgan fingerprint density at radius 2 is 2.16 bits per heavy atom. The number of carbonyl (C=O) groups is 2. The molecule has 8 nitrogen and oxygen atoms in total. The lowest BCUT2D eigenvalue weighted by Crippen LogP contribution is -2.54. The Kier molecular flexibility index (Phi) is 6.95. The van der Waals surface area contributed by atoms with Crippen molar-refractivity contribution in [2.24, 2.45) is 5.92 Å². The maximum Gasteiger partial charge on any atom is 0.300 e. The number of carboxylic acids is 1. The van der Waals surface area contributed by atoms with E-state index < -0.39 is 5.97 Å². The second-order valence-electron chi connectivity index (χ2n) is 6.74. The zero-order valence-corrected chi connectivity index (χ0v) is 15.1. The maximum absolute atomic E-state index is 12.2. The van der Waals surface area contributed by atoms with Gasteiger partial charge in [0.2, 0.25) is 5.91 Å². The first-order valence-corrected chi connectivity index (χ1v) is 8.63. The second-order valence-corrected chi connectivity index (χ2v) is 6.74. The first-order chi connectivity index (χ1) is 11.9. The molecule has 0 aromatic carbocycles. The van der Waals surface area contributed by atoms with Gasteiger partial charge in [-0.3, -0.25) is 14.5 Å². The number of ether oxygens (including phenoxy) is 1. The average molecular weight is 352 g/mol. The third-order valence-corrected chi connectivity index (χ3v) is 4.63. The minimum absolute atomic E-state index is 0.127. The number of nitrogens with one attached hydrogen (secondary N) is 1. The molecule has 0 unspecified atom stereocenters. The van der Waals surface area contributed by atoms with Gasteiger partial charge in [0, 0.05) is 51.9 Å². The van der Waals surface area contributed by atoms with Crippen LogP contribution >= 0.6 is 0 Å². The van der Waals surface area contributed by atoms with E-state index in [0.29, 0.717) is 6.04 Å². The van der Waals surface area contributed by atoms with Gasteiger partial charge in [-0.25, -0.2) is 4.98 Å². The van der Waals surface area contributed by atoms with Crippen LogP contribution in [0.1, 0.15) is 32.0 Å². The van der Waals surface area contributed by atoms with E-state index in [1.165, 1.54) is 0 Å². The number of carboxylic acid groups (broad SMARTS) is 1. The lowest BCUT2D eigenvalue weighted by atomic mass is 9.81. The molecule has 1 aliphatic heterocycles. The summed E-state index contributed by atoms with van der Waals surface area (Å²) in [6.45, 7) is 3.57. The third-order valence-electron chi connectivity index (χ3n) is 4.63. The van der Waals surface area contributed by atoms with Gasteiger partial charge in [-0.15, -0.1) is 0 Å². The Morgan fingerprint density at radius 1 is 1.44 bits per heavy atom. The van der Waals surface area contributed by atoms with Crippen molar-refractivity contribution in [3.05, 3.63) is 18.2 Å². The fourth-order valence-corrected chi connectivity index (χ4v) is 3.55. The molecular formula is C17H28N4O4. The Labute approximate surface area is 148 Å². The number of hydrogen-bond acceptors (Lipinski definition) is 5. The highest BCUT2D eigenvalue weighted by molar-refractivity contribution is 5.78. The molecule has 0 spiro atoms. The fourth-order valence-electron chi connectivity index (χ4n) is 3.55. The van der Waals surface area contributed by atoms with Gasteiger partial charge in [0.25, 0.3) is 5.97 Å². The van der Waals surface area contributed by atoms with Crippen LogP contribution in [0.4, 0.5) is 0 Å². The smallest absolute Gasteiger partial charge is 0.300 e. The van der Waals surface area contributed by atoms with Crippen molar-refractivity contribution >= 4 is 11.9 Å². The molecule has 1 aromatic heterocycles. The van der Waals surface area contributed by atoms with E-state index >= 15 is 0 Å². The third kappa shape index (κ3) is 5.54. The molecule has 2 heterocycles. The summed E-state index contributed by atoms with van der Waals surface area (Å²) in [5, 5.41) is 7.42. The van der Waals surface area contributed by atoms with Crippen LogP contribution in [0.2, 0.25) is 0 Å². The van der Waals surface area contributed by atoms with Crippen LogP contribution < -0.4 is 0 Å². The number of amides is 1. The van der Waals surface area contributed by atoms with E-state index in [1.807, 2.05) is 20.3 Å². The van der Waals surface area contributed by atoms with Gasteiger partial charge in [0.1, 0.15) is 5.82 Å². The number of morpholine rings is 1. The minimum atomic E-state index is -0.833. The van der Waals surface area contributed by atoms with E-state index in [9.17, 15) is 4.79 Å². The monoisotopic (exact) mass is 352 g/mol. The number of nitrogens with zero attached hydrogens (tertiary/aromatic N) is 3. The molecule has 2 fully saturated rings. The summed E-state index contributed by atoms with van der Waals surface area (Å²) < 4.78 is 5.92. The van der Waals surface area contributed by atoms with E-state index in [0.717, 1.165) is 51.7 Å². The van der Waals surface area contributed by atoms with Crippen molar-refractivity contribution in [2.45, 2.75) is 44.9 Å². The molecule has 1 aromatic rings. The molecular weight excluding hydrogens is 324 g/mol. The Balaban J connectivity index is 0.000000511. The van der Waals surface area contributed by atoms with Gasteiger partial charge in [0.15, 0.2) is 0 Å². The topological polar surface area (TPSA) is 98.8 Å². The molecule has 25 heavy (non-hydrogen) atoms. The Morgan fingerprint density at radius 3 is 2.76 bits per heavy atom. The highest BCUT2D eigenvalue weighted by Gasteiger charge is 2.40. The van der Waals surface area contributed by atoms with Gasteiger partial charge < -0.3 is 19.7 Å². The summed E-state index contributed by atoms with van der Waals surface area (Å²) in [6, 6.07) is 0.325. The second kappa shape index (κ2) is 8.96. The predicted octanol–water partition coefficient (Wildman–Crippen LogP) is 0.958. The number of rotatable bonds is 3. The molecule has 3 rings (SSSR count). The summed E-state index contributed by atoms with van der Waals surface area (Å²) in [5.41, 5.74) is 0. The lowest BCUT2D eigenvalue weighted by molar-refractivity contribution is -0.141. The fraction of sp³-hybridized carbons (Fsp3) is 0.706. The Bertz CT molecular complexity index is 557. The van der Waals surface area contributed by atoms with Gasteiger partial charge >= 0.3 is 0 Å². The number of aromatic nitrogens is 2. The molecule has 0 radical (unpaired) electrons. The molecule has 0 bridgehead atoms. The normalized spacial score (nSPS) is 26.1. The summed E-state index contributed by atoms with van der Waals surface area (Å²) in [4.78, 5) is 32.9. The van der Waals surface area contributed by atoms with Gasteiger partial charge in [0.05, 0.1) is 19.3 Å². The highest BCUT2D eigenvalue weighted by atomic mass is 16.5. The number of fused-ring (bicyclic) bond motifs is 1. The maximum atomic E-state index is 12.2. The highest BCUT2D eigenvalue weighted by Crippen LogP contribution is 2.33. The number of imidazole rings is 1. The van der Waals surface area contributed by atoms with Crippen LogP contribution in [0, 0.1) is 5.92 Å². The molecule has 1 amide bonds. The van der Waals surface area contributed by atoms with Crippen molar-refractivity contribution in [2.75, 3.05) is 27.2 Å². The van der Waals surface area contributed by atoms with Crippen molar-refractivity contribution in [3.8, 4) is 0 Å². The summed E-state index contributed by atoms with van der Waals surface area (Å²) in [5.74, 6) is 0.524. The first-order valence-electron chi connectivity index (χ1n) is 8.63. The van der Waals surface area contributed by atoms with Crippen LogP contribution in [0.3, 0.4) is 0 Å².